The number of carbonyl (C=O) groups is 2. The summed E-state index contributed by atoms with van der Waals surface area (Å²) in [5.41, 5.74) is 0. The molecule has 0 spiro atoms. The molecule has 0 aromatic heterocycles. The second-order valence-electron chi connectivity index (χ2n) is 2.78. The molecule has 1 saturated heterocycles. The third-order valence-electron chi connectivity index (χ3n) is 2.00. The van der Waals surface area contributed by atoms with Crippen molar-refractivity contribution in [1.82, 2.24) is 9.80 Å². The summed E-state index contributed by atoms with van der Waals surface area (Å²) < 4.78 is 0. The van der Waals surface area contributed by atoms with Gasteiger partial charge in [-0.15, -0.1) is 0 Å². The number of carbonyl (C=O) groups excluding carboxylic acids is 1. The van der Waals surface area contributed by atoms with E-state index in [2.05, 4.69) is 0 Å². The highest BCUT2D eigenvalue weighted by Crippen LogP contribution is 2.01. The van der Waals surface area contributed by atoms with Crippen LogP contribution in [0.25, 0.3) is 0 Å². The Kier molecular flexibility index (Phi) is 2.52. The zero-order chi connectivity index (χ0) is 9.14. The molecule has 1 rings (SSSR count). The molecule has 2 amide bonds. The van der Waals surface area contributed by atoms with E-state index in [1.807, 2.05) is 0 Å². The minimum Gasteiger partial charge on any atom is -0.465 e. The third kappa shape index (κ3) is 1.87. The van der Waals surface area contributed by atoms with E-state index in [1.54, 1.807) is 4.90 Å². The van der Waals surface area contributed by atoms with Crippen molar-refractivity contribution in [1.29, 1.82) is 0 Å². The fourth-order valence-electron chi connectivity index (χ4n) is 1.21. The first-order valence-electron chi connectivity index (χ1n) is 3.84. The predicted octanol–water partition coefficient (Wildman–Crippen LogP) is -0.171. The largest absolute Gasteiger partial charge is 0.465 e. The maximum atomic E-state index is 10.8. The van der Waals surface area contributed by atoms with Crippen molar-refractivity contribution in [2.45, 2.75) is 6.92 Å². The number of rotatable bonds is 0. The molecule has 1 fully saturated rings. The monoisotopic (exact) mass is 172 g/mol. The lowest BCUT2D eigenvalue weighted by atomic mass is 10.3. The van der Waals surface area contributed by atoms with Crippen LogP contribution in [-0.4, -0.2) is 53.1 Å². The van der Waals surface area contributed by atoms with Crippen molar-refractivity contribution in [3.05, 3.63) is 0 Å². The first kappa shape index (κ1) is 8.83. The van der Waals surface area contributed by atoms with Crippen molar-refractivity contribution in [3.63, 3.8) is 0 Å². The zero-order valence-electron chi connectivity index (χ0n) is 6.99. The van der Waals surface area contributed by atoms with E-state index in [0.29, 0.717) is 26.2 Å². The molecule has 0 radical (unpaired) electrons. The minimum absolute atomic E-state index is 0.0139. The van der Waals surface area contributed by atoms with Gasteiger partial charge in [0.05, 0.1) is 0 Å². The van der Waals surface area contributed by atoms with E-state index in [1.165, 1.54) is 11.8 Å². The Labute approximate surface area is 70.6 Å². The molecule has 0 atom stereocenters. The first-order valence-corrected chi connectivity index (χ1v) is 3.84. The number of hydrogen-bond donors (Lipinski definition) is 1. The van der Waals surface area contributed by atoms with Gasteiger partial charge < -0.3 is 14.9 Å². The summed E-state index contributed by atoms with van der Waals surface area (Å²) in [6.07, 6.45) is -0.904. The van der Waals surface area contributed by atoms with E-state index in [9.17, 15) is 9.59 Å². The van der Waals surface area contributed by atoms with Crippen LogP contribution in [0, 0.1) is 0 Å². The normalized spacial score (nSPS) is 17.8. The number of hydrogen-bond acceptors (Lipinski definition) is 2. The van der Waals surface area contributed by atoms with Gasteiger partial charge in [-0.05, 0) is 0 Å². The lowest BCUT2D eigenvalue weighted by molar-refractivity contribution is -0.130. The van der Waals surface area contributed by atoms with Crippen molar-refractivity contribution < 1.29 is 14.7 Å². The van der Waals surface area contributed by atoms with Crippen LogP contribution < -0.4 is 0 Å². The van der Waals surface area contributed by atoms with Gasteiger partial charge in [0, 0.05) is 33.1 Å². The van der Waals surface area contributed by atoms with Crippen LogP contribution in [0.3, 0.4) is 0 Å². The van der Waals surface area contributed by atoms with Gasteiger partial charge in [0.25, 0.3) is 0 Å². The van der Waals surface area contributed by atoms with E-state index < -0.39 is 6.09 Å². The average molecular weight is 172 g/mol. The standard InChI is InChI=1S/C7H12N2O3/c1-6(10)8-2-4-9(5-3-8)7(11)12/h2-5H2,1H3,(H,11,12). The highest BCUT2D eigenvalue weighted by Gasteiger charge is 2.21. The average Bonchev–Trinajstić information content (AvgIpc) is 2.04. The lowest BCUT2D eigenvalue weighted by Crippen LogP contribution is -2.49. The molecule has 0 aliphatic carbocycles. The molecule has 12 heavy (non-hydrogen) atoms. The highest BCUT2D eigenvalue weighted by molar-refractivity contribution is 5.73. The van der Waals surface area contributed by atoms with E-state index in [-0.39, 0.29) is 5.91 Å². The zero-order valence-corrected chi connectivity index (χ0v) is 6.99. The molecule has 0 aromatic carbocycles. The Morgan fingerprint density at radius 1 is 1.08 bits per heavy atom. The van der Waals surface area contributed by atoms with Gasteiger partial charge in [-0.1, -0.05) is 0 Å². The summed E-state index contributed by atoms with van der Waals surface area (Å²) in [6.45, 7) is 3.38. The van der Waals surface area contributed by atoms with Gasteiger partial charge in [-0.2, -0.15) is 0 Å². The maximum Gasteiger partial charge on any atom is 0.407 e. The molecular formula is C7H12N2O3. The van der Waals surface area contributed by atoms with Crippen molar-refractivity contribution in [2.75, 3.05) is 26.2 Å². The molecule has 0 saturated carbocycles. The molecule has 0 aromatic rings. The van der Waals surface area contributed by atoms with Crippen molar-refractivity contribution in [3.8, 4) is 0 Å². The van der Waals surface area contributed by atoms with Gasteiger partial charge in [0.1, 0.15) is 0 Å². The topological polar surface area (TPSA) is 60.9 Å². The van der Waals surface area contributed by atoms with Crippen LogP contribution >= 0.6 is 0 Å². The molecule has 0 bridgehead atoms. The van der Waals surface area contributed by atoms with E-state index >= 15 is 0 Å². The van der Waals surface area contributed by atoms with Gasteiger partial charge in [-0.25, -0.2) is 4.79 Å². The lowest BCUT2D eigenvalue weighted by Gasteiger charge is -2.32. The summed E-state index contributed by atoms with van der Waals surface area (Å²) in [4.78, 5) is 24.3. The molecule has 68 valence electrons. The second kappa shape index (κ2) is 3.42. The summed E-state index contributed by atoms with van der Waals surface area (Å²) in [6, 6.07) is 0. The van der Waals surface area contributed by atoms with Crippen LogP contribution in [0.1, 0.15) is 6.92 Å². The van der Waals surface area contributed by atoms with Gasteiger partial charge in [-0.3, -0.25) is 4.79 Å². The number of carboxylic acid groups (broad SMARTS) is 1. The minimum atomic E-state index is -0.904. The Morgan fingerprint density at radius 3 is 1.83 bits per heavy atom. The van der Waals surface area contributed by atoms with Crippen LogP contribution in [-0.2, 0) is 4.79 Å². The Balaban J connectivity index is 2.39. The van der Waals surface area contributed by atoms with Crippen LogP contribution in [0.15, 0.2) is 0 Å². The highest BCUT2D eigenvalue weighted by atomic mass is 16.4. The quantitative estimate of drug-likeness (QED) is 0.551. The van der Waals surface area contributed by atoms with Gasteiger partial charge in [0.2, 0.25) is 5.91 Å². The molecule has 0 unspecified atom stereocenters. The number of amides is 2. The molecule has 1 aliphatic heterocycles. The summed E-state index contributed by atoms with van der Waals surface area (Å²) in [7, 11) is 0. The van der Waals surface area contributed by atoms with E-state index in [4.69, 9.17) is 5.11 Å². The Hall–Kier alpha value is -1.26. The van der Waals surface area contributed by atoms with Crippen LogP contribution in [0.2, 0.25) is 0 Å². The Morgan fingerprint density at radius 2 is 1.50 bits per heavy atom. The van der Waals surface area contributed by atoms with Crippen LogP contribution in [0.5, 0.6) is 0 Å². The molecule has 1 N–H and O–H groups in total. The fourth-order valence-corrected chi connectivity index (χ4v) is 1.21. The van der Waals surface area contributed by atoms with E-state index in [0.717, 1.165) is 0 Å². The number of nitrogens with zero attached hydrogens (tertiary/aromatic N) is 2. The summed E-state index contributed by atoms with van der Waals surface area (Å²) in [5, 5.41) is 8.59. The fraction of sp³-hybridized carbons (Fsp3) is 0.714. The molecule has 5 heteroatoms. The number of piperazine rings is 1. The van der Waals surface area contributed by atoms with Gasteiger partial charge >= 0.3 is 6.09 Å². The molecule has 1 heterocycles. The summed E-state index contributed by atoms with van der Waals surface area (Å²) in [5.74, 6) is 0.0139. The summed E-state index contributed by atoms with van der Waals surface area (Å²) >= 11 is 0. The molecule has 5 nitrogen and oxygen atoms in total. The van der Waals surface area contributed by atoms with Gasteiger partial charge in [0.15, 0.2) is 0 Å². The predicted molar refractivity (Wildman–Crippen MR) is 41.9 cm³/mol. The smallest absolute Gasteiger partial charge is 0.407 e. The molecular weight excluding hydrogens is 160 g/mol. The van der Waals surface area contributed by atoms with Crippen LogP contribution in [0.4, 0.5) is 4.79 Å². The Bertz CT molecular complexity index is 175. The first-order chi connectivity index (χ1) is 5.61. The SMILES string of the molecule is CC(=O)N1CCN(C(=O)O)CC1. The molecule has 1 aliphatic rings. The second-order valence-corrected chi connectivity index (χ2v) is 2.78. The maximum absolute atomic E-state index is 10.8. The van der Waals surface area contributed by atoms with Crippen molar-refractivity contribution in [2.24, 2.45) is 0 Å². The van der Waals surface area contributed by atoms with Crippen molar-refractivity contribution >= 4 is 12.0 Å². The third-order valence-corrected chi connectivity index (χ3v) is 2.00.